The van der Waals surface area contributed by atoms with Crippen LogP contribution in [0.5, 0.6) is 0 Å². The van der Waals surface area contributed by atoms with Crippen molar-refractivity contribution >= 4 is 61.5 Å². The lowest BCUT2D eigenvalue weighted by Crippen LogP contribution is -2.31. The molecule has 2 nitrogen and oxygen atoms in total. The Labute approximate surface area is 364 Å². The molecular formula is C59H37NOS. The molecule has 0 bridgehead atoms. The van der Waals surface area contributed by atoms with Crippen LogP contribution in [0.25, 0.3) is 66.1 Å². The van der Waals surface area contributed by atoms with E-state index in [4.69, 9.17) is 4.42 Å². The van der Waals surface area contributed by atoms with Gasteiger partial charge < -0.3 is 9.32 Å². The standard InChI is InChI=1S/C59H37NOS/c1-2-14-38(15-3-1)39-28-33-42(34-29-39)60(51-23-13-25-53-58(51)46-18-6-9-24-52(46)61-53)43-35-30-41(31-36-43)45-19-12-22-49-56(45)57-44-17-5-4-16-40(44)32-37-50(57)59(49)47-20-7-10-26-54(47)62-55-27-11-8-21-48(55)59/h1-37H. The second-order valence-corrected chi connectivity index (χ2v) is 17.4. The van der Waals surface area contributed by atoms with Gasteiger partial charge in [-0.25, -0.2) is 0 Å². The third-order valence-corrected chi connectivity index (χ3v) is 14.3. The molecule has 290 valence electrons. The van der Waals surface area contributed by atoms with Crippen molar-refractivity contribution in [2.45, 2.75) is 15.2 Å². The molecule has 0 radical (unpaired) electrons. The number of rotatable bonds is 5. The van der Waals surface area contributed by atoms with Crippen molar-refractivity contribution in [3.8, 4) is 33.4 Å². The maximum atomic E-state index is 6.43. The van der Waals surface area contributed by atoms with Crippen molar-refractivity contribution in [1.82, 2.24) is 0 Å². The van der Waals surface area contributed by atoms with Crippen LogP contribution >= 0.6 is 11.8 Å². The summed E-state index contributed by atoms with van der Waals surface area (Å²) in [5, 5.41) is 4.73. The Kier molecular flexibility index (Phi) is 7.79. The Morgan fingerprint density at radius 3 is 1.69 bits per heavy atom. The second-order valence-electron chi connectivity index (χ2n) is 16.3. The van der Waals surface area contributed by atoms with Crippen LogP contribution in [0.3, 0.4) is 0 Å². The molecule has 11 aromatic rings. The van der Waals surface area contributed by atoms with Gasteiger partial charge in [-0.05, 0) is 121 Å². The minimum absolute atomic E-state index is 0.460. The van der Waals surface area contributed by atoms with E-state index >= 15 is 0 Å². The third kappa shape index (κ3) is 5.06. The van der Waals surface area contributed by atoms with E-state index in [0.29, 0.717) is 0 Å². The first-order valence-electron chi connectivity index (χ1n) is 21.2. The number of furan rings is 1. The van der Waals surface area contributed by atoms with E-state index in [9.17, 15) is 0 Å². The van der Waals surface area contributed by atoms with Crippen molar-refractivity contribution in [3.05, 3.63) is 247 Å². The van der Waals surface area contributed by atoms with Crippen LogP contribution in [-0.2, 0) is 5.41 Å². The molecule has 0 fully saturated rings. The van der Waals surface area contributed by atoms with E-state index in [1.165, 1.54) is 76.2 Å². The van der Waals surface area contributed by atoms with Crippen molar-refractivity contribution in [2.24, 2.45) is 0 Å². The zero-order chi connectivity index (χ0) is 40.8. The molecule has 13 rings (SSSR count). The van der Waals surface area contributed by atoms with Gasteiger partial charge in [0.05, 0.1) is 16.5 Å². The van der Waals surface area contributed by atoms with Gasteiger partial charge in [-0.15, -0.1) is 0 Å². The van der Waals surface area contributed by atoms with Gasteiger partial charge in [-0.1, -0.05) is 182 Å². The summed E-state index contributed by atoms with van der Waals surface area (Å²) in [4.78, 5) is 5.00. The largest absolute Gasteiger partial charge is 0.456 e. The summed E-state index contributed by atoms with van der Waals surface area (Å²) in [6.45, 7) is 0. The fourth-order valence-electron chi connectivity index (χ4n) is 10.5. The average Bonchev–Trinajstić information content (AvgIpc) is 3.87. The van der Waals surface area contributed by atoms with E-state index in [2.05, 4.69) is 223 Å². The molecule has 2 heterocycles. The van der Waals surface area contributed by atoms with E-state index in [-0.39, 0.29) is 0 Å². The minimum atomic E-state index is -0.460. The number of hydrogen-bond donors (Lipinski definition) is 0. The van der Waals surface area contributed by atoms with Crippen molar-refractivity contribution in [3.63, 3.8) is 0 Å². The summed E-state index contributed by atoms with van der Waals surface area (Å²) >= 11 is 1.89. The summed E-state index contributed by atoms with van der Waals surface area (Å²) in [6, 6.07) is 82.2. The lowest BCUT2D eigenvalue weighted by atomic mass is 9.67. The molecule has 1 aliphatic heterocycles. The molecule has 1 spiro atoms. The Bertz CT molecular complexity index is 3500. The van der Waals surface area contributed by atoms with Crippen LogP contribution in [0, 0.1) is 0 Å². The van der Waals surface area contributed by atoms with Gasteiger partial charge in [0.15, 0.2) is 0 Å². The quantitative estimate of drug-likeness (QED) is 0.172. The number of para-hydroxylation sites is 1. The fourth-order valence-corrected chi connectivity index (χ4v) is 11.7. The molecule has 0 unspecified atom stereocenters. The van der Waals surface area contributed by atoms with Crippen LogP contribution in [0.1, 0.15) is 22.3 Å². The normalized spacial score (nSPS) is 13.2. The predicted molar refractivity (Wildman–Crippen MR) is 258 cm³/mol. The van der Waals surface area contributed by atoms with Gasteiger partial charge in [0.1, 0.15) is 11.2 Å². The van der Waals surface area contributed by atoms with E-state index in [1.54, 1.807) is 0 Å². The molecule has 0 amide bonds. The highest BCUT2D eigenvalue weighted by Crippen LogP contribution is 2.64. The van der Waals surface area contributed by atoms with Crippen LogP contribution in [-0.4, -0.2) is 0 Å². The molecule has 10 aromatic carbocycles. The molecule has 1 aliphatic carbocycles. The Morgan fingerprint density at radius 2 is 0.935 bits per heavy atom. The molecule has 0 N–H and O–H groups in total. The van der Waals surface area contributed by atoms with Crippen molar-refractivity contribution in [2.75, 3.05) is 4.90 Å². The van der Waals surface area contributed by atoms with Crippen LogP contribution in [0.15, 0.2) is 239 Å². The molecule has 1 aromatic heterocycles. The van der Waals surface area contributed by atoms with E-state index in [1.807, 2.05) is 17.8 Å². The molecule has 0 saturated carbocycles. The number of anilines is 3. The summed E-state index contributed by atoms with van der Waals surface area (Å²) in [7, 11) is 0. The fraction of sp³-hybridized carbons (Fsp3) is 0.0169. The summed E-state index contributed by atoms with van der Waals surface area (Å²) in [5.41, 5.74) is 17.3. The van der Waals surface area contributed by atoms with Gasteiger partial charge in [0, 0.05) is 26.6 Å². The predicted octanol–water partition coefficient (Wildman–Crippen LogP) is 16.4. The van der Waals surface area contributed by atoms with Crippen molar-refractivity contribution < 1.29 is 4.42 Å². The van der Waals surface area contributed by atoms with Gasteiger partial charge in [-0.2, -0.15) is 0 Å². The summed E-state index contributed by atoms with van der Waals surface area (Å²) in [5.74, 6) is 0. The van der Waals surface area contributed by atoms with Crippen molar-refractivity contribution in [1.29, 1.82) is 0 Å². The molecule has 3 heteroatoms. The molecule has 62 heavy (non-hydrogen) atoms. The first-order chi connectivity index (χ1) is 30.8. The lowest BCUT2D eigenvalue weighted by Gasteiger charge is -2.39. The van der Waals surface area contributed by atoms with Gasteiger partial charge in [0.25, 0.3) is 0 Å². The summed E-state index contributed by atoms with van der Waals surface area (Å²) in [6.07, 6.45) is 0. The minimum Gasteiger partial charge on any atom is -0.456 e. The van der Waals surface area contributed by atoms with Gasteiger partial charge >= 0.3 is 0 Å². The highest BCUT2D eigenvalue weighted by atomic mass is 32.2. The molecule has 0 atom stereocenters. The molecule has 0 saturated heterocycles. The monoisotopic (exact) mass is 807 g/mol. The smallest absolute Gasteiger partial charge is 0.137 e. The third-order valence-electron chi connectivity index (χ3n) is 13.1. The van der Waals surface area contributed by atoms with Crippen LogP contribution in [0.2, 0.25) is 0 Å². The number of hydrogen-bond acceptors (Lipinski definition) is 3. The first kappa shape index (κ1) is 35.2. The van der Waals surface area contributed by atoms with Crippen LogP contribution in [0.4, 0.5) is 17.1 Å². The molecular weight excluding hydrogens is 771 g/mol. The SMILES string of the molecule is c1ccc(-c2ccc(N(c3ccc(-c4cccc5c4-c4c(ccc6ccccc46)C54c5ccccc5Sc5ccccc54)cc3)c3cccc4oc5ccccc5c34)cc2)cc1. The zero-order valence-corrected chi connectivity index (χ0v) is 34.4. The van der Waals surface area contributed by atoms with Gasteiger partial charge in [-0.3, -0.25) is 0 Å². The second kappa shape index (κ2) is 13.7. The summed E-state index contributed by atoms with van der Waals surface area (Å²) < 4.78 is 6.43. The maximum Gasteiger partial charge on any atom is 0.137 e. The highest BCUT2D eigenvalue weighted by molar-refractivity contribution is 7.99. The molecule has 2 aliphatic rings. The maximum absolute atomic E-state index is 6.43. The Balaban J connectivity index is 1.02. The van der Waals surface area contributed by atoms with Gasteiger partial charge in [0.2, 0.25) is 0 Å². The van der Waals surface area contributed by atoms with Crippen LogP contribution < -0.4 is 4.90 Å². The van der Waals surface area contributed by atoms with E-state index in [0.717, 1.165) is 39.0 Å². The average molecular weight is 808 g/mol. The number of fused-ring (bicyclic) bond motifs is 14. The first-order valence-corrected chi connectivity index (χ1v) is 22.1. The Hall–Kier alpha value is -7.59. The highest BCUT2D eigenvalue weighted by Gasteiger charge is 2.51. The number of nitrogens with zero attached hydrogens (tertiary/aromatic N) is 1. The number of benzene rings is 10. The van der Waals surface area contributed by atoms with E-state index < -0.39 is 5.41 Å². The topological polar surface area (TPSA) is 16.4 Å². The lowest BCUT2D eigenvalue weighted by molar-refractivity contribution is 0.669. The zero-order valence-electron chi connectivity index (χ0n) is 33.6. The Morgan fingerprint density at radius 1 is 0.371 bits per heavy atom.